The molecule has 2 fully saturated rings. The Bertz CT molecular complexity index is 442. The molecule has 17 heavy (non-hydrogen) atoms. The van der Waals surface area contributed by atoms with Crippen molar-refractivity contribution < 1.29 is 9.68 Å². The van der Waals surface area contributed by atoms with E-state index in [1.807, 2.05) is 30.3 Å². The van der Waals surface area contributed by atoms with Gasteiger partial charge in [0, 0.05) is 6.42 Å². The minimum Gasteiger partial charge on any atom is -0.273 e. The summed E-state index contributed by atoms with van der Waals surface area (Å²) in [5.41, 5.74) is 0.499. The molecular weight excluding hydrogens is 216 g/mol. The molecule has 0 radical (unpaired) electrons. The van der Waals surface area contributed by atoms with Gasteiger partial charge in [0.1, 0.15) is 6.10 Å². The first-order valence-corrected chi connectivity index (χ1v) is 5.90. The second-order valence-corrected chi connectivity index (χ2v) is 4.55. The maximum atomic E-state index is 9.36. The molecule has 2 aliphatic heterocycles. The first-order chi connectivity index (χ1) is 8.34. The SMILES string of the molecule is N#CC12CCCON1OC(c1ccccc1)C2. The molecule has 3 rings (SSSR count). The quantitative estimate of drug-likeness (QED) is 0.743. The number of hydrogen-bond donors (Lipinski definition) is 0. The van der Waals surface area contributed by atoms with Gasteiger partial charge in [0.15, 0.2) is 5.54 Å². The van der Waals surface area contributed by atoms with Gasteiger partial charge in [-0.15, -0.1) is 0 Å². The van der Waals surface area contributed by atoms with E-state index in [0.29, 0.717) is 13.0 Å². The van der Waals surface area contributed by atoms with Gasteiger partial charge in [-0.25, -0.2) is 0 Å². The fourth-order valence-corrected chi connectivity index (χ4v) is 2.48. The van der Waals surface area contributed by atoms with Gasteiger partial charge in [-0.1, -0.05) is 30.3 Å². The number of nitrogens with zero attached hydrogens (tertiary/aromatic N) is 2. The van der Waals surface area contributed by atoms with Gasteiger partial charge in [-0.3, -0.25) is 9.68 Å². The lowest BCUT2D eigenvalue weighted by Crippen LogP contribution is -2.45. The molecule has 4 heteroatoms. The number of hydrogen-bond acceptors (Lipinski definition) is 4. The number of nitriles is 1. The van der Waals surface area contributed by atoms with Crippen LogP contribution in [0, 0.1) is 11.3 Å². The molecule has 0 saturated carbocycles. The molecule has 0 aliphatic carbocycles. The van der Waals surface area contributed by atoms with Crippen LogP contribution in [0.2, 0.25) is 0 Å². The van der Waals surface area contributed by atoms with Crippen LogP contribution in [0.4, 0.5) is 0 Å². The molecule has 0 amide bonds. The molecule has 4 nitrogen and oxygen atoms in total. The molecule has 0 spiro atoms. The topological polar surface area (TPSA) is 45.5 Å². The molecule has 88 valence electrons. The summed E-state index contributed by atoms with van der Waals surface area (Å²) in [6.45, 7) is 0.630. The highest BCUT2D eigenvalue weighted by atomic mass is 17.0. The Hall–Kier alpha value is -1.41. The van der Waals surface area contributed by atoms with Crippen LogP contribution in [0.15, 0.2) is 30.3 Å². The zero-order chi connectivity index (χ0) is 11.7. The second-order valence-electron chi connectivity index (χ2n) is 4.55. The Morgan fingerprint density at radius 2 is 2.18 bits per heavy atom. The van der Waals surface area contributed by atoms with Crippen LogP contribution in [0.3, 0.4) is 0 Å². The standard InChI is InChI=1S/C13H14N2O2/c14-10-13-7-4-8-16-15(13)17-12(9-13)11-5-2-1-3-6-11/h1-3,5-6,12H,4,7-9H2. The molecule has 2 atom stereocenters. The molecular formula is C13H14N2O2. The smallest absolute Gasteiger partial charge is 0.162 e. The summed E-state index contributed by atoms with van der Waals surface area (Å²) in [7, 11) is 0. The summed E-state index contributed by atoms with van der Waals surface area (Å²) in [6, 6.07) is 12.3. The predicted molar refractivity (Wildman–Crippen MR) is 60.3 cm³/mol. The molecule has 2 heterocycles. The van der Waals surface area contributed by atoms with Crippen molar-refractivity contribution in [2.45, 2.75) is 30.9 Å². The van der Waals surface area contributed by atoms with E-state index in [0.717, 1.165) is 18.4 Å². The first-order valence-electron chi connectivity index (χ1n) is 5.90. The van der Waals surface area contributed by atoms with E-state index in [1.54, 1.807) is 0 Å². The van der Waals surface area contributed by atoms with E-state index in [4.69, 9.17) is 9.68 Å². The van der Waals surface area contributed by atoms with Crippen LogP contribution in [-0.4, -0.2) is 17.4 Å². The maximum Gasteiger partial charge on any atom is 0.162 e. The van der Waals surface area contributed by atoms with Crippen molar-refractivity contribution in [3.63, 3.8) is 0 Å². The van der Waals surface area contributed by atoms with Crippen molar-refractivity contribution in [1.29, 1.82) is 5.26 Å². The van der Waals surface area contributed by atoms with Crippen molar-refractivity contribution in [2.24, 2.45) is 0 Å². The fraction of sp³-hybridized carbons (Fsp3) is 0.462. The van der Waals surface area contributed by atoms with Gasteiger partial charge in [-0.05, 0) is 23.6 Å². The van der Waals surface area contributed by atoms with E-state index >= 15 is 0 Å². The van der Waals surface area contributed by atoms with Gasteiger partial charge in [0.05, 0.1) is 12.7 Å². The Morgan fingerprint density at radius 1 is 1.35 bits per heavy atom. The van der Waals surface area contributed by atoms with Gasteiger partial charge in [0.2, 0.25) is 0 Å². The van der Waals surface area contributed by atoms with E-state index in [-0.39, 0.29) is 6.10 Å². The molecule has 2 saturated heterocycles. The zero-order valence-corrected chi connectivity index (χ0v) is 9.50. The van der Waals surface area contributed by atoms with Gasteiger partial charge >= 0.3 is 0 Å². The summed E-state index contributed by atoms with van der Waals surface area (Å²) in [6.07, 6.45) is 2.32. The van der Waals surface area contributed by atoms with Crippen LogP contribution >= 0.6 is 0 Å². The Kier molecular flexibility index (Phi) is 2.60. The molecule has 2 aliphatic rings. The van der Waals surface area contributed by atoms with Crippen LogP contribution in [-0.2, 0) is 9.68 Å². The third-order valence-corrected chi connectivity index (χ3v) is 3.42. The largest absolute Gasteiger partial charge is 0.273 e. The third kappa shape index (κ3) is 1.73. The van der Waals surface area contributed by atoms with Crippen molar-refractivity contribution in [3.8, 4) is 6.07 Å². The van der Waals surface area contributed by atoms with E-state index in [9.17, 15) is 5.26 Å². The molecule has 1 aromatic rings. The van der Waals surface area contributed by atoms with Crippen molar-refractivity contribution in [2.75, 3.05) is 6.61 Å². The van der Waals surface area contributed by atoms with Crippen LogP contribution in [0.5, 0.6) is 0 Å². The molecule has 0 bridgehead atoms. The second kappa shape index (κ2) is 4.11. The lowest BCUT2D eigenvalue weighted by molar-refractivity contribution is -0.396. The molecule has 1 aromatic carbocycles. The Morgan fingerprint density at radius 3 is 2.88 bits per heavy atom. The number of rotatable bonds is 1. The Labute approximate surface area is 100 Å². The first kappa shape index (κ1) is 10.7. The normalized spacial score (nSPS) is 33.0. The fourth-order valence-electron chi connectivity index (χ4n) is 2.48. The van der Waals surface area contributed by atoms with Crippen molar-refractivity contribution >= 4 is 0 Å². The summed E-state index contributed by atoms with van der Waals surface area (Å²) < 4.78 is 0. The molecule has 0 N–H and O–H groups in total. The minimum absolute atomic E-state index is 0.0750. The van der Waals surface area contributed by atoms with Crippen LogP contribution < -0.4 is 0 Å². The van der Waals surface area contributed by atoms with Gasteiger partial charge in [-0.2, -0.15) is 5.26 Å². The third-order valence-electron chi connectivity index (χ3n) is 3.42. The van der Waals surface area contributed by atoms with Crippen LogP contribution in [0.1, 0.15) is 30.9 Å². The molecule has 2 unspecified atom stereocenters. The summed E-state index contributed by atoms with van der Waals surface area (Å²) in [5, 5.41) is 10.8. The van der Waals surface area contributed by atoms with E-state index < -0.39 is 5.54 Å². The highest BCUT2D eigenvalue weighted by Gasteiger charge is 2.51. The minimum atomic E-state index is -0.598. The number of benzene rings is 1. The van der Waals surface area contributed by atoms with Gasteiger partial charge in [0.25, 0.3) is 0 Å². The highest BCUT2D eigenvalue weighted by Crippen LogP contribution is 2.44. The lowest BCUT2D eigenvalue weighted by atomic mass is 9.88. The maximum absolute atomic E-state index is 9.36. The number of fused-ring (bicyclic) bond motifs is 1. The zero-order valence-electron chi connectivity index (χ0n) is 9.50. The average molecular weight is 230 g/mol. The summed E-state index contributed by atoms with van der Waals surface area (Å²) in [5.74, 6) is 0. The lowest BCUT2D eigenvalue weighted by Gasteiger charge is -2.32. The number of hydroxylamine groups is 2. The van der Waals surface area contributed by atoms with Crippen molar-refractivity contribution in [3.05, 3.63) is 35.9 Å². The average Bonchev–Trinajstić information content (AvgIpc) is 2.80. The summed E-state index contributed by atoms with van der Waals surface area (Å²) >= 11 is 0. The summed E-state index contributed by atoms with van der Waals surface area (Å²) in [4.78, 5) is 11.2. The highest BCUT2D eigenvalue weighted by molar-refractivity contribution is 5.21. The van der Waals surface area contributed by atoms with E-state index in [2.05, 4.69) is 6.07 Å². The van der Waals surface area contributed by atoms with E-state index in [1.165, 1.54) is 5.23 Å². The van der Waals surface area contributed by atoms with Crippen molar-refractivity contribution in [1.82, 2.24) is 5.23 Å². The van der Waals surface area contributed by atoms with Gasteiger partial charge < -0.3 is 0 Å². The monoisotopic (exact) mass is 230 g/mol. The Balaban J connectivity index is 1.86. The van der Waals surface area contributed by atoms with Crippen LogP contribution in [0.25, 0.3) is 0 Å². The molecule has 0 aromatic heterocycles. The predicted octanol–water partition coefficient (Wildman–Crippen LogP) is 2.35.